The van der Waals surface area contributed by atoms with Gasteiger partial charge < -0.3 is 15.2 Å². The molecule has 0 saturated heterocycles. The van der Waals surface area contributed by atoms with Crippen molar-refractivity contribution in [1.29, 1.82) is 0 Å². The van der Waals surface area contributed by atoms with Gasteiger partial charge in [-0.05, 0) is 37.9 Å². The lowest BCUT2D eigenvalue weighted by molar-refractivity contribution is -0.139. The molecule has 0 spiro atoms. The first-order valence-corrected chi connectivity index (χ1v) is 6.07. The Morgan fingerprint density at radius 2 is 2.00 bits per heavy atom. The van der Waals surface area contributed by atoms with E-state index in [9.17, 15) is 9.59 Å². The summed E-state index contributed by atoms with van der Waals surface area (Å²) >= 11 is 6.54. The molecule has 0 saturated carbocycles. The lowest BCUT2D eigenvalue weighted by atomic mass is 10.3. The molecule has 0 aliphatic heterocycles. The number of carbonyl (C=O) groups is 2. The van der Waals surface area contributed by atoms with Crippen LogP contribution in [0.15, 0.2) is 21.1 Å². The van der Waals surface area contributed by atoms with E-state index < -0.39 is 18.3 Å². The summed E-state index contributed by atoms with van der Waals surface area (Å²) in [4.78, 5) is 21.7. The lowest BCUT2D eigenvalue weighted by Crippen LogP contribution is -2.16. The zero-order valence-corrected chi connectivity index (χ0v) is 12.0. The molecule has 1 aromatic rings. The van der Waals surface area contributed by atoms with E-state index >= 15 is 0 Å². The number of carbonyl (C=O) groups excluding carboxylic acids is 1. The molecule has 17 heavy (non-hydrogen) atoms. The van der Waals surface area contributed by atoms with Gasteiger partial charge in [-0.15, -0.1) is 0 Å². The average Bonchev–Trinajstić information content (AvgIpc) is 2.20. The van der Waals surface area contributed by atoms with Crippen LogP contribution in [0.5, 0.6) is 5.75 Å². The minimum absolute atomic E-state index is 0.455. The van der Waals surface area contributed by atoms with Crippen molar-refractivity contribution in [2.75, 3.05) is 12.4 Å². The normalized spacial score (nSPS) is 9.82. The van der Waals surface area contributed by atoms with Crippen LogP contribution in [0.2, 0.25) is 0 Å². The molecule has 0 unspecified atom stereocenters. The highest BCUT2D eigenvalue weighted by Crippen LogP contribution is 2.34. The number of nitrogens with one attached hydrogen (secondary N) is 1. The first kappa shape index (κ1) is 14.0. The van der Waals surface area contributed by atoms with Gasteiger partial charge in [0.25, 0.3) is 0 Å². The third kappa shape index (κ3) is 4.01. The first-order chi connectivity index (χ1) is 7.93. The first-order valence-electron chi connectivity index (χ1n) is 4.48. The van der Waals surface area contributed by atoms with Crippen molar-refractivity contribution < 1.29 is 19.4 Å². The monoisotopic (exact) mass is 365 g/mol. The van der Waals surface area contributed by atoms with Gasteiger partial charge in [0.1, 0.15) is 12.2 Å². The molecule has 0 aromatic heterocycles. The molecular formula is C10H9Br2NO4. The third-order valence-corrected chi connectivity index (χ3v) is 3.10. The van der Waals surface area contributed by atoms with Crippen molar-refractivity contribution in [2.45, 2.75) is 6.42 Å². The Kier molecular flexibility index (Phi) is 4.95. The second kappa shape index (κ2) is 6.02. The molecule has 0 atom stereocenters. The number of ether oxygens (including phenoxy) is 1. The minimum atomic E-state index is -1.18. The smallest absolute Gasteiger partial charge is 0.312 e. The molecule has 5 nitrogen and oxygen atoms in total. The predicted octanol–water partition coefficient (Wildman–Crippen LogP) is 2.63. The van der Waals surface area contributed by atoms with Crippen LogP contribution in [-0.2, 0) is 9.59 Å². The Bertz CT molecular complexity index is 462. The molecule has 1 amide bonds. The standard InChI is InChI=1S/C10H9Br2NO4/c1-17-8-3-7(5(11)2-6(8)12)13-9(14)4-10(15)16/h2-3H,4H2,1H3,(H,13,14)(H,15,16). The zero-order chi connectivity index (χ0) is 13.0. The van der Waals surface area contributed by atoms with E-state index in [0.717, 1.165) is 4.47 Å². The third-order valence-electron chi connectivity index (χ3n) is 1.83. The van der Waals surface area contributed by atoms with Gasteiger partial charge in [0.2, 0.25) is 5.91 Å². The number of carboxylic acid groups (broad SMARTS) is 1. The van der Waals surface area contributed by atoms with Crippen LogP contribution in [-0.4, -0.2) is 24.1 Å². The molecule has 0 aliphatic rings. The summed E-state index contributed by atoms with van der Waals surface area (Å²) in [7, 11) is 1.50. The molecule has 1 rings (SSSR count). The van der Waals surface area contributed by atoms with E-state index in [4.69, 9.17) is 9.84 Å². The number of carboxylic acids is 1. The summed E-state index contributed by atoms with van der Waals surface area (Å²) in [6.07, 6.45) is -0.579. The van der Waals surface area contributed by atoms with Crippen molar-refractivity contribution >= 4 is 49.4 Å². The van der Waals surface area contributed by atoms with E-state index in [1.165, 1.54) is 7.11 Å². The maximum Gasteiger partial charge on any atom is 0.312 e. The number of rotatable bonds is 4. The number of anilines is 1. The van der Waals surface area contributed by atoms with Gasteiger partial charge in [-0.1, -0.05) is 0 Å². The Hall–Kier alpha value is -1.08. The molecule has 0 heterocycles. The van der Waals surface area contributed by atoms with Crippen LogP contribution in [0.3, 0.4) is 0 Å². The van der Waals surface area contributed by atoms with Crippen LogP contribution in [0.4, 0.5) is 5.69 Å². The summed E-state index contributed by atoms with van der Waals surface area (Å²) in [5, 5.41) is 10.9. The van der Waals surface area contributed by atoms with Crippen molar-refractivity contribution in [1.82, 2.24) is 0 Å². The number of aliphatic carboxylic acids is 1. The van der Waals surface area contributed by atoms with Gasteiger partial charge >= 0.3 is 5.97 Å². The van der Waals surface area contributed by atoms with E-state index in [1.807, 2.05) is 0 Å². The molecule has 7 heteroatoms. The molecule has 92 valence electrons. The lowest BCUT2D eigenvalue weighted by Gasteiger charge is -2.10. The highest BCUT2D eigenvalue weighted by atomic mass is 79.9. The number of methoxy groups -OCH3 is 1. The zero-order valence-electron chi connectivity index (χ0n) is 8.79. The molecule has 1 aromatic carbocycles. The molecule has 0 fully saturated rings. The van der Waals surface area contributed by atoms with Crippen molar-refractivity contribution in [3.63, 3.8) is 0 Å². The summed E-state index contributed by atoms with van der Waals surface area (Å²) in [5.74, 6) is -1.23. The number of halogens is 2. The van der Waals surface area contributed by atoms with E-state index in [0.29, 0.717) is 15.9 Å². The fourth-order valence-electron chi connectivity index (χ4n) is 1.11. The van der Waals surface area contributed by atoms with Gasteiger partial charge in [-0.2, -0.15) is 0 Å². The Morgan fingerprint density at radius 3 is 2.53 bits per heavy atom. The Balaban J connectivity index is 2.91. The van der Waals surface area contributed by atoms with E-state index in [1.54, 1.807) is 12.1 Å². The largest absolute Gasteiger partial charge is 0.495 e. The number of hydrogen-bond acceptors (Lipinski definition) is 3. The van der Waals surface area contributed by atoms with Crippen molar-refractivity contribution in [2.24, 2.45) is 0 Å². The highest BCUT2D eigenvalue weighted by molar-refractivity contribution is 9.11. The molecule has 0 bridgehead atoms. The quantitative estimate of drug-likeness (QED) is 0.803. The fraction of sp³-hybridized carbons (Fsp3) is 0.200. The molecule has 2 N–H and O–H groups in total. The summed E-state index contributed by atoms with van der Waals surface area (Å²) in [5.41, 5.74) is 0.455. The number of hydrogen-bond donors (Lipinski definition) is 2. The van der Waals surface area contributed by atoms with Crippen LogP contribution >= 0.6 is 31.9 Å². The average molecular weight is 367 g/mol. The highest BCUT2D eigenvalue weighted by Gasteiger charge is 2.12. The van der Waals surface area contributed by atoms with Gasteiger partial charge in [-0.25, -0.2) is 0 Å². The van der Waals surface area contributed by atoms with Crippen LogP contribution in [0.1, 0.15) is 6.42 Å². The van der Waals surface area contributed by atoms with E-state index in [-0.39, 0.29) is 0 Å². The maximum absolute atomic E-state index is 11.3. The second-order valence-electron chi connectivity index (χ2n) is 3.09. The summed E-state index contributed by atoms with van der Waals surface area (Å²) < 4.78 is 6.42. The predicted molar refractivity (Wildman–Crippen MR) is 69.3 cm³/mol. The number of amides is 1. The van der Waals surface area contributed by atoms with Crippen LogP contribution in [0, 0.1) is 0 Å². The fourth-order valence-corrected chi connectivity index (χ4v) is 2.37. The van der Waals surface area contributed by atoms with Crippen molar-refractivity contribution in [3.05, 3.63) is 21.1 Å². The second-order valence-corrected chi connectivity index (χ2v) is 4.79. The topological polar surface area (TPSA) is 75.6 Å². The SMILES string of the molecule is COc1cc(NC(=O)CC(=O)O)c(Br)cc1Br. The minimum Gasteiger partial charge on any atom is -0.495 e. The Labute approximate surface area is 114 Å². The molecular weight excluding hydrogens is 358 g/mol. The number of benzene rings is 1. The van der Waals surface area contributed by atoms with Crippen LogP contribution in [0.25, 0.3) is 0 Å². The van der Waals surface area contributed by atoms with Crippen molar-refractivity contribution in [3.8, 4) is 5.75 Å². The summed E-state index contributed by atoms with van der Waals surface area (Å²) in [6.45, 7) is 0. The van der Waals surface area contributed by atoms with Gasteiger partial charge in [-0.3, -0.25) is 9.59 Å². The molecule has 0 radical (unpaired) electrons. The summed E-state index contributed by atoms with van der Waals surface area (Å²) in [6, 6.07) is 3.29. The Morgan fingerprint density at radius 1 is 1.35 bits per heavy atom. The molecule has 0 aliphatic carbocycles. The maximum atomic E-state index is 11.3. The van der Waals surface area contributed by atoms with Gasteiger partial charge in [0.15, 0.2) is 0 Å². The van der Waals surface area contributed by atoms with E-state index in [2.05, 4.69) is 37.2 Å². The van der Waals surface area contributed by atoms with Crippen LogP contribution < -0.4 is 10.1 Å². The van der Waals surface area contributed by atoms with Gasteiger partial charge in [0.05, 0.1) is 17.3 Å². The van der Waals surface area contributed by atoms with Gasteiger partial charge in [0, 0.05) is 10.5 Å².